The first-order chi connectivity index (χ1) is 14.1. The first-order valence-corrected chi connectivity index (χ1v) is 9.61. The maximum absolute atomic E-state index is 12.5. The normalized spacial score (nSPS) is 10.8. The molecule has 0 radical (unpaired) electrons. The number of hydrogen-bond acceptors (Lipinski definition) is 4. The van der Waals surface area contributed by atoms with Gasteiger partial charge in [0, 0.05) is 35.5 Å². The molecule has 2 heterocycles. The molecule has 0 aliphatic rings. The lowest BCUT2D eigenvalue weighted by atomic mass is 10.1. The van der Waals surface area contributed by atoms with Crippen LogP contribution in [0.3, 0.4) is 0 Å². The topological polar surface area (TPSA) is 82.7 Å². The van der Waals surface area contributed by atoms with Gasteiger partial charge in [0.05, 0.1) is 0 Å². The zero-order chi connectivity index (χ0) is 20.2. The first kappa shape index (κ1) is 18.7. The van der Waals surface area contributed by atoms with Crippen molar-refractivity contribution in [3.05, 3.63) is 83.3 Å². The van der Waals surface area contributed by atoms with E-state index in [4.69, 9.17) is 0 Å². The first-order valence-electron chi connectivity index (χ1n) is 9.61. The summed E-state index contributed by atoms with van der Waals surface area (Å²) in [5, 5.41) is 7.36. The smallest absolute Gasteiger partial charge is 0.270 e. The van der Waals surface area contributed by atoms with Crippen LogP contribution in [0.1, 0.15) is 27.2 Å². The van der Waals surface area contributed by atoms with E-state index in [1.807, 2.05) is 56.4 Å². The summed E-state index contributed by atoms with van der Waals surface area (Å²) in [4.78, 5) is 24.4. The molecule has 4 rings (SSSR count). The highest BCUT2D eigenvalue weighted by Crippen LogP contribution is 2.22. The van der Waals surface area contributed by atoms with Gasteiger partial charge in [-0.15, -0.1) is 0 Å². The van der Waals surface area contributed by atoms with Crippen molar-refractivity contribution in [2.24, 2.45) is 0 Å². The van der Waals surface area contributed by atoms with Gasteiger partial charge < -0.3 is 15.6 Å². The minimum Gasteiger partial charge on any atom is -0.361 e. The Morgan fingerprint density at radius 1 is 1.03 bits per heavy atom. The minimum atomic E-state index is -0.211. The van der Waals surface area contributed by atoms with Crippen LogP contribution in [0.15, 0.2) is 60.9 Å². The molecule has 0 spiro atoms. The Labute approximate surface area is 169 Å². The van der Waals surface area contributed by atoms with E-state index in [2.05, 4.69) is 31.7 Å². The summed E-state index contributed by atoms with van der Waals surface area (Å²) in [6.07, 6.45) is 4.33. The highest BCUT2D eigenvalue weighted by molar-refractivity contribution is 5.92. The van der Waals surface area contributed by atoms with Crippen molar-refractivity contribution < 1.29 is 4.79 Å². The van der Waals surface area contributed by atoms with Crippen molar-refractivity contribution in [2.45, 2.75) is 20.3 Å². The Balaban J connectivity index is 1.41. The Kier molecular flexibility index (Phi) is 5.24. The summed E-state index contributed by atoms with van der Waals surface area (Å²) in [6.45, 7) is 4.58. The molecular weight excluding hydrogens is 362 g/mol. The molecule has 0 atom stereocenters. The lowest BCUT2D eigenvalue weighted by molar-refractivity contribution is 0.0949. The van der Waals surface area contributed by atoms with E-state index in [1.165, 1.54) is 10.9 Å². The number of para-hydroxylation sites is 2. The maximum atomic E-state index is 12.5. The lowest BCUT2D eigenvalue weighted by Gasteiger charge is -2.11. The number of benzene rings is 2. The number of carbonyl (C=O) groups excluding carboxylic acids is 1. The van der Waals surface area contributed by atoms with Gasteiger partial charge in [0.1, 0.15) is 5.69 Å². The van der Waals surface area contributed by atoms with Crippen molar-refractivity contribution in [1.29, 1.82) is 0 Å². The molecule has 0 aliphatic carbocycles. The van der Waals surface area contributed by atoms with Gasteiger partial charge in [0.2, 0.25) is 5.95 Å². The molecule has 146 valence electrons. The van der Waals surface area contributed by atoms with E-state index in [0.29, 0.717) is 18.2 Å². The average Bonchev–Trinajstić information content (AvgIpc) is 3.14. The summed E-state index contributed by atoms with van der Waals surface area (Å²) in [7, 11) is 0. The van der Waals surface area contributed by atoms with Gasteiger partial charge in [-0.25, -0.2) is 9.97 Å². The van der Waals surface area contributed by atoms with Crippen molar-refractivity contribution in [2.75, 3.05) is 11.9 Å². The van der Waals surface area contributed by atoms with E-state index in [1.54, 1.807) is 12.3 Å². The van der Waals surface area contributed by atoms with Crippen LogP contribution in [0.5, 0.6) is 0 Å². The number of anilines is 2. The summed E-state index contributed by atoms with van der Waals surface area (Å²) in [5.41, 5.74) is 5.79. The van der Waals surface area contributed by atoms with E-state index in [-0.39, 0.29) is 5.91 Å². The monoisotopic (exact) mass is 385 g/mol. The van der Waals surface area contributed by atoms with E-state index in [9.17, 15) is 4.79 Å². The molecule has 0 bridgehead atoms. The molecule has 0 unspecified atom stereocenters. The summed E-state index contributed by atoms with van der Waals surface area (Å²) in [6, 6.07) is 15.8. The van der Waals surface area contributed by atoms with Crippen LogP contribution in [-0.2, 0) is 6.42 Å². The molecule has 29 heavy (non-hydrogen) atoms. The second-order valence-corrected chi connectivity index (χ2v) is 7.02. The molecule has 6 nitrogen and oxygen atoms in total. The molecule has 0 saturated carbocycles. The fourth-order valence-electron chi connectivity index (χ4n) is 3.41. The number of carbonyl (C=O) groups is 1. The van der Waals surface area contributed by atoms with Crippen LogP contribution in [-0.4, -0.2) is 27.4 Å². The number of nitrogens with zero attached hydrogens (tertiary/aromatic N) is 2. The number of H-pyrrole nitrogens is 1. The summed E-state index contributed by atoms with van der Waals surface area (Å²) < 4.78 is 0. The minimum absolute atomic E-state index is 0.211. The Bertz CT molecular complexity index is 1140. The molecule has 6 heteroatoms. The van der Waals surface area contributed by atoms with Crippen LogP contribution in [0.4, 0.5) is 11.6 Å². The zero-order valence-corrected chi connectivity index (χ0v) is 16.5. The van der Waals surface area contributed by atoms with E-state index >= 15 is 0 Å². The van der Waals surface area contributed by atoms with Crippen molar-refractivity contribution in [3.8, 4) is 0 Å². The van der Waals surface area contributed by atoms with Crippen LogP contribution in [0, 0.1) is 13.8 Å². The second kappa shape index (κ2) is 8.14. The number of aryl methyl sites for hydroxylation is 2. The molecule has 0 saturated heterocycles. The number of fused-ring (bicyclic) bond motifs is 1. The number of aromatic nitrogens is 3. The number of hydrogen-bond donors (Lipinski definition) is 3. The third-order valence-corrected chi connectivity index (χ3v) is 4.96. The second-order valence-electron chi connectivity index (χ2n) is 7.02. The quantitative estimate of drug-likeness (QED) is 0.462. The fourth-order valence-corrected chi connectivity index (χ4v) is 3.41. The maximum Gasteiger partial charge on any atom is 0.270 e. The molecule has 1 amide bonds. The Morgan fingerprint density at radius 3 is 2.66 bits per heavy atom. The predicted molar refractivity (Wildman–Crippen MR) is 116 cm³/mol. The number of aromatic amines is 1. The van der Waals surface area contributed by atoms with Crippen LogP contribution in [0.2, 0.25) is 0 Å². The molecule has 4 aromatic rings. The third kappa shape index (κ3) is 4.11. The van der Waals surface area contributed by atoms with Crippen molar-refractivity contribution in [1.82, 2.24) is 20.3 Å². The fraction of sp³-hybridized carbons (Fsp3) is 0.174. The summed E-state index contributed by atoms with van der Waals surface area (Å²) in [5.74, 6) is 0.198. The van der Waals surface area contributed by atoms with Gasteiger partial charge in [-0.2, -0.15) is 0 Å². The molecular formula is C23H23N5O. The van der Waals surface area contributed by atoms with E-state index in [0.717, 1.165) is 28.8 Å². The van der Waals surface area contributed by atoms with Crippen LogP contribution >= 0.6 is 0 Å². The molecule has 0 fully saturated rings. The number of rotatable bonds is 6. The molecule has 2 aromatic carbocycles. The molecule has 3 N–H and O–H groups in total. The van der Waals surface area contributed by atoms with Gasteiger partial charge in [0.25, 0.3) is 5.91 Å². The van der Waals surface area contributed by atoms with Gasteiger partial charge in [-0.3, -0.25) is 4.79 Å². The number of nitrogens with one attached hydrogen (secondary N) is 3. The highest BCUT2D eigenvalue weighted by atomic mass is 16.1. The molecule has 2 aromatic heterocycles. The Morgan fingerprint density at radius 2 is 1.83 bits per heavy atom. The van der Waals surface area contributed by atoms with Crippen molar-refractivity contribution >= 4 is 28.4 Å². The largest absolute Gasteiger partial charge is 0.361 e. The number of amides is 1. The average molecular weight is 385 g/mol. The van der Waals surface area contributed by atoms with Gasteiger partial charge >= 0.3 is 0 Å². The van der Waals surface area contributed by atoms with E-state index < -0.39 is 0 Å². The highest BCUT2D eigenvalue weighted by Gasteiger charge is 2.11. The summed E-state index contributed by atoms with van der Waals surface area (Å²) >= 11 is 0. The predicted octanol–water partition coefficient (Wildman–Crippen LogP) is 4.29. The van der Waals surface area contributed by atoms with Gasteiger partial charge in [-0.1, -0.05) is 36.4 Å². The SMILES string of the molecule is Cc1cccc(C)c1Nc1nccc(C(=O)NCCc2c[nH]c3ccccc23)n1. The van der Waals surface area contributed by atoms with Gasteiger partial charge in [0.15, 0.2) is 0 Å². The molecule has 0 aliphatic heterocycles. The lowest BCUT2D eigenvalue weighted by Crippen LogP contribution is -2.26. The Hall–Kier alpha value is -3.67. The third-order valence-electron chi connectivity index (χ3n) is 4.96. The standard InChI is InChI=1S/C23H23N5O/c1-15-6-5-7-16(2)21(15)28-23-25-13-11-20(27-23)22(29)24-12-10-17-14-26-19-9-4-3-8-18(17)19/h3-9,11,13-14,26H,10,12H2,1-2H3,(H,24,29)(H,25,27,28). The van der Waals surface area contributed by atoms with Crippen LogP contribution in [0.25, 0.3) is 10.9 Å². The van der Waals surface area contributed by atoms with Crippen molar-refractivity contribution in [3.63, 3.8) is 0 Å². The van der Waals surface area contributed by atoms with Crippen LogP contribution < -0.4 is 10.6 Å². The van der Waals surface area contributed by atoms with Gasteiger partial charge in [-0.05, 0) is 49.1 Å². The zero-order valence-electron chi connectivity index (χ0n) is 16.5.